The van der Waals surface area contributed by atoms with Crippen LogP contribution in [0.15, 0.2) is 54.6 Å². The molecule has 0 aromatic heterocycles. The molecular formula is C22H27N3O4. The summed E-state index contributed by atoms with van der Waals surface area (Å²) in [7, 11) is 1.62. The normalized spacial score (nSPS) is 14.2. The van der Waals surface area contributed by atoms with Crippen molar-refractivity contribution in [2.24, 2.45) is 5.92 Å². The zero-order valence-corrected chi connectivity index (χ0v) is 16.6. The van der Waals surface area contributed by atoms with E-state index < -0.39 is 0 Å². The molecule has 1 aliphatic heterocycles. The molecule has 0 unspecified atom stereocenters. The first-order chi connectivity index (χ1) is 14.2. The second-order valence-corrected chi connectivity index (χ2v) is 6.87. The van der Waals surface area contributed by atoms with Gasteiger partial charge in [0.2, 0.25) is 5.91 Å². The largest absolute Gasteiger partial charge is 0.497 e. The molecule has 1 heterocycles. The molecule has 0 radical (unpaired) electrons. The highest BCUT2D eigenvalue weighted by atomic mass is 16.5. The van der Waals surface area contributed by atoms with Crippen molar-refractivity contribution >= 4 is 17.6 Å². The molecule has 0 atom stereocenters. The first kappa shape index (κ1) is 20.5. The number of ether oxygens (including phenoxy) is 2. The number of urea groups is 1. The van der Waals surface area contributed by atoms with Gasteiger partial charge in [-0.2, -0.15) is 0 Å². The third-order valence-electron chi connectivity index (χ3n) is 4.91. The highest BCUT2D eigenvalue weighted by Crippen LogP contribution is 2.19. The van der Waals surface area contributed by atoms with E-state index >= 15 is 0 Å². The Morgan fingerprint density at radius 3 is 2.31 bits per heavy atom. The number of methoxy groups -OCH3 is 1. The Hall–Kier alpha value is -3.22. The van der Waals surface area contributed by atoms with E-state index in [4.69, 9.17) is 9.47 Å². The summed E-state index contributed by atoms with van der Waals surface area (Å²) in [5.74, 6) is 1.45. The third-order valence-corrected chi connectivity index (χ3v) is 4.91. The van der Waals surface area contributed by atoms with E-state index in [1.807, 2.05) is 54.6 Å². The Morgan fingerprint density at radius 2 is 1.66 bits per heavy atom. The third kappa shape index (κ3) is 6.14. The van der Waals surface area contributed by atoms with E-state index in [0.717, 1.165) is 17.2 Å². The van der Waals surface area contributed by atoms with Crippen molar-refractivity contribution in [2.45, 2.75) is 12.8 Å². The molecule has 1 aliphatic rings. The molecule has 0 saturated carbocycles. The molecule has 0 bridgehead atoms. The van der Waals surface area contributed by atoms with Crippen molar-refractivity contribution in [3.63, 3.8) is 0 Å². The van der Waals surface area contributed by atoms with Gasteiger partial charge in [-0.05, 0) is 49.2 Å². The number of nitrogens with zero attached hydrogens (tertiary/aromatic N) is 1. The highest BCUT2D eigenvalue weighted by Gasteiger charge is 2.27. The maximum absolute atomic E-state index is 12.4. The molecule has 2 N–H and O–H groups in total. The second-order valence-electron chi connectivity index (χ2n) is 6.87. The van der Waals surface area contributed by atoms with Crippen LogP contribution in [0.2, 0.25) is 0 Å². The lowest BCUT2D eigenvalue weighted by molar-refractivity contribution is -0.126. The number of nitrogens with one attached hydrogen (secondary N) is 2. The predicted octanol–water partition coefficient (Wildman–Crippen LogP) is 3.13. The average molecular weight is 397 g/mol. The Balaban J connectivity index is 1.33. The summed E-state index contributed by atoms with van der Waals surface area (Å²) in [6.07, 6.45) is 1.32. The van der Waals surface area contributed by atoms with Crippen LogP contribution in [0.25, 0.3) is 0 Å². The quantitative estimate of drug-likeness (QED) is 0.704. The molecule has 2 aromatic rings. The highest BCUT2D eigenvalue weighted by molar-refractivity contribution is 5.89. The van der Waals surface area contributed by atoms with Gasteiger partial charge in [0, 0.05) is 24.7 Å². The summed E-state index contributed by atoms with van der Waals surface area (Å²) in [6.45, 7) is 1.98. The summed E-state index contributed by atoms with van der Waals surface area (Å²) in [6, 6.07) is 16.6. The van der Waals surface area contributed by atoms with Crippen LogP contribution in [0.5, 0.6) is 11.5 Å². The lowest BCUT2D eigenvalue weighted by Crippen LogP contribution is -2.45. The topological polar surface area (TPSA) is 79.9 Å². The Bertz CT molecular complexity index is 787. The van der Waals surface area contributed by atoms with Crippen molar-refractivity contribution in [3.8, 4) is 11.5 Å². The van der Waals surface area contributed by atoms with Gasteiger partial charge < -0.3 is 25.0 Å². The van der Waals surface area contributed by atoms with Crippen LogP contribution in [0.3, 0.4) is 0 Å². The van der Waals surface area contributed by atoms with E-state index in [0.29, 0.717) is 39.1 Å². The zero-order chi connectivity index (χ0) is 20.5. The summed E-state index contributed by atoms with van der Waals surface area (Å²) < 4.78 is 10.7. The minimum atomic E-state index is -0.122. The number of rotatable bonds is 7. The van der Waals surface area contributed by atoms with Crippen LogP contribution in [0.1, 0.15) is 12.8 Å². The molecule has 3 rings (SSSR count). The first-order valence-corrected chi connectivity index (χ1v) is 9.81. The van der Waals surface area contributed by atoms with Gasteiger partial charge in [0.25, 0.3) is 0 Å². The second kappa shape index (κ2) is 10.4. The van der Waals surface area contributed by atoms with Gasteiger partial charge in [-0.1, -0.05) is 18.2 Å². The molecule has 29 heavy (non-hydrogen) atoms. The Morgan fingerprint density at radius 1 is 1.00 bits per heavy atom. The lowest BCUT2D eigenvalue weighted by atomic mass is 9.96. The Kier molecular flexibility index (Phi) is 7.33. The average Bonchev–Trinajstić information content (AvgIpc) is 2.77. The smallest absolute Gasteiger partial charge is 0.321 e. The molecule has 7 heteroatoms. The van der Waals surface area contributed by atoms with Crippen LogP contribution < -0.4 is 20.1 Å². The number of hydrogen-bond donors (Lipinski definition) is 2. The zero-order valence-electron chi connectivity index (χ0n) is 16.6. The number of carbonyl (C=O) groups excluding carboxylic acids is 2. The van der Waals surface area contributed by atoms with Crippen molar-refractivity contribution < 1.29 is 19.1 Å². The summed E-state index contributed by atoms with van der Waals surface area (Å²) in [4.78, 5) is 26.4. The van der Waals surface area contributed by atoms with Gasteiger partial charge in [-0.15, -0.1) is 0 Å². The van der Waals surface area contributed by atoms with E-state index in [9.17, 15) is 9.59 Å². The molecule has 0 aliphatic carbocycles. The predicted molar refractivity (Wildman–Crippen MR) is 111 cm³/mol. The monoisotopic (exact) mass is 397 g/mol. The maximum atomic E-state index is 12.4. The van der Waals surface area contributed by atoms with Gasteiger partial charge in [0.05, 0.1) is 13.7 Å². The molecule has 1 saturated heterocycles. The number of piperidine rings is 1. The fourth-order valence-electron chi connectivity index (χ4n) is 3.23. The SMILES string of the molecule is COc1ccc(OCCNC(=O)C2CCN(C(=O)Nc3ccccc3)CC2)cc1. The minimum absolute atomic E-state index is 0.0199. The van der Waals surface area contributed by atoms with Gasteiger partial charge in [0.15, 0.2) is 0 Å². The Labute approximate surface area is 171 Å². The number of para-hydroxylation sites is 1. The van der Waals surface area contributed by atoms with E-state index in [2.05, 4.69) is 10.6 Å². The number of anilines is 1. The van der Waals surface area contributed by atoms with Gasteiger partial charge >= 0.3 is 6.03 Å². The molecule has 7 nitrogen and oxygen atoms in total. The molecule has 3 amide bonds. The first-order valence-electron chi connectivity index (χ1n) is 9.81. The van der Waals surface area contributed by atoms with Crippen molar-refractivity contribution in [1.82, 2.24) is 10.2 Å². The molecule has 0 spiro atoms. The number of carbonyl (C=O) groups is 2. The fourth-order valence-corrected chi connectivity index (χ4v) is 3.23. The number of likely N-dealkylation sites (tertiary alicyclic amines) is 1. The number of benzene rings is 2. The number of amides is 3. The van der Waals surface area contributed by atoms with Crippen LogP contribution in [0.4, 0.5) is 10.5 Å². The van der Waals surface area contributed by atoms with Crippen LogP contribution >= 0.6 is 0 Å². The number of hydrogen-bond acceptors (Lipinski definition) is 4. The molecule has 1 fully saturated rings. The maximum Gasteiger partial charge on any atom is 0.321 e. The standard InChI is InChI=1S/C22H27N3O4/c1-28-19-7-9-20(10-8-19)29-16-13-23-21(26)17-11-14-25(15-12-17)22(27)24-18-5-3-2-4-6-18/h2-10,17H,11-16H2,1H3,(H,23,26)(H,24,27). The summed E-state index contributed by atoms with van der Waals surface area (Å²) in [5.41, 5.74) is 0.772. The van der Waals surface area contributed by atoms with E-state index in [-0.39, 0.29) is 17.9 Å². The van der Waals surface area contributed by atoms with Gasteiger partial charge in [0.1, 0.15) is 18.1 Å². The van der Waals surface area contributed by atoms with E-state index in [1.165, 1.54) is 0 Å². The van der Waals surface area contributed by atoms with Gasteiger partial charge in [-0.25, -0.2) is 4.79 Å². The van der Waals surface area contributed by atoms with Crippen LogP contribution in [-0.4, -0.2) is 50.2 Å². The molecule has 2 aromatic carbocycles. The van der Waals surface area contributed by atoms with Crippen LogP contribution in [-0.2, 0) is 4.79 Å². The van der Waals surface area contributed by atoms with Crippen molar-refractivity contribution in [2.75, 3.05) is 38.7 Å². The lowest BCUT2D eigenvalue weighted by Gasteiger charge is -2.31. The molecule has 154 valence electrons. The van der Waals surface area contributed by atoms with Crippen LogP contribution in [0, 0.1) is 5.92 Å². The summed E-state index contributed by atoms with van der Waals surface area (Å²) >= 11 is 0. The van der Waals surface area contributed by atoms with E-state index in [1.54, 1.807) is 12.0 Å². The minimum Gasteiger partial charge on any atom is -0.497 e. The molecular weight excluding hydrogens is 370 g/mol. The van der Waals surface area contributed by atoms with Gasteiger partial charge in [-0.3, -0.25) is 4.79 Å². The summed E-state index contributed by atoms with van der Waals surface area (Å²) in [5, 5.41) is 5.80. The van der Waals surface area contributed by atoms with Crippen molar-refractivity contribution in [1.29, 1.82) is 0 Å². The fraction of sp³-hybridized carbons (Fsp3) is 0.364. The van der Waals surface area contributed by atoms with Crippen molar-refractivity contribution in [3.05, 3.63) is 54.6 Å².